The maximum Gasteiger partial charge on any atom is 0.311 e. The SMILES string of the molecule is COC(=O)[C@H]1CC2(CCCCC2)CC[C@H]1OS(C)(=O)=O. The molecule has 2 saturated carbocycles. The van der Waals surface area contributed by atoms with Crippen molar-refractivity contribution < 1.29 is 22.1 Å². The Morgan fingerprint density at radius 3 is 2.35 bits per heavy atom. The number of methoxy groups -OCH3 is 1. The third kappa shape index (κ3) is 3.73. The third-order valence-corrected chi connectivity index (χ3v) is 5.37. The van der Waals surface area contributed by atoms with Gasteiger partial charge in [0.2, 0.25) is 0 Å². The van der Waals surface area contributed by atoms with Gasteiger partial charge in [-0.2, -0.15) is 8.42 Å². The Morgan fingerprint density at radius 2 is 1.80 bits per heavy atom. The molecule has 0 unspecified atom stereocenters. The van der Waals surface area contributed by atoms with Crippen LogP contribution in [0.1, 0.15) is 51.4 Å². The average Bonchev–Trinajstić information content (AvgIpc) is 2.40. The van der Waals surface area contributed by atoms with Crippen molar-refractivity contribution >= 4 is 16.1 Å². The van der Waals surface area contributed by atoms with Crippen molar-refractivity contribution in [1.82, 2.24) is 0 Å². The van der Waals surface area contributed by atoms with E-state index < -0.39 is 22.1 Å². The molecule has 0 aliphatic heterocycles. The first kappa shape index (κ1) is 15.8. The lowest BCUT2D eigenvalue weighted by Crippen LogP contribution is -2.43. The molecule has 2 aliphatic carbocycles. The highest BCUT2D eigenvalue weighted by Crippen LogP contribution is 2.50. The molecule has 6 heteroatoms. The molecule has 0 saturated heterocycles. The minimum Gasteiger partial charge on any atom is -0.469 e. The standard InChI is InChI=1S/C14H24O5S/c1-18-13(15)11-10-14(7-4-3-5-8-14)9-6-12(11)19-20(2,16)17/h11-12H,3-10H2,1-2H3/t11-,12+/m0/s1. The lowest BCUT2D eigenvalue weighted by atomic mass is 9.62. The summed E-state index contributed by atoms with van der Waals surface area (Å²) in [6.45, 7) is 0. The van der Waals surface area contributed by atoms with Crippen LogP contribution in [0.4, 0.5) is 0 Å². The molecule has 2 rings (SSSR count). The second-order valence-electron chi connectivity index (χ2n) is 6.27. The molecule has 2 atom stereocenters. The fourth-order valence-corrected chi connectivity index (χ4v) is 4.51. The van der Waals surface area contributed by atoms with E-state index in [1.165, 1.54) is 26.4 Å². The zero-order chi connectivity index (χ0) is 14.8. The van der Waals surface area contributed by atoms with Crippen molar-refractivity contribution in [3.63, 3.8) is 0 Å². The van der Waals surface area contributed by atoms with Crippen molar-refractivity contribution in [3.8, 4) is 0 Å². The van der Waals surface area contributed by atoms with E-state index in [1.54, 1.807) is 0 Å². The van der Waals surface area contributed by atoms with Crippen LogP contribution in [-0.2, 0) is 23.8 Å². The van der Waals surface area contributed by atoms with E-state index >= 15 is 0 Å². The molecule has 20 heavy (non-hydrogen) atoms. The van der Waals surface area contributed by atoms with Crippen LogP contribution in [-0.4, -0.2) is 33.9 Å². The first-order chi connectivity index (χ1) is 9.35. The van der Waals surface area contributed by atoms with Gasteiger partial charge in [-0.15, -0.1) is 0 Å². The second kappa shape index (κ2) is 6.02. The Bertz CT molecular complexity index is 450. The topological polar surface area (TPSA) is 69.7 Å². The van der Waals surface area contributed by atoms with Gasteiger partial charge < -0.3 is 4.74 Å². The summed E-state index contributed by atoms with van der Waals surface area (Å²) in [7, 11) is -2.20. The van der Waals surface area contributed by atoms with E-state index in [1.807, 2.05) is 0 Å². The Balaban J connectivity index is 2.14. The highest BCUT2D eigenvalue weighted by Gasteiger charge is 2.46. The Morgan fingerprint density at radius 1 is 1.15 bits per heavy atom. The van der Waals surface area contributed by atoms with Gasteiger partial charge in [-0.05, 0) is 37.5 Å². The second-order valence-corrected chi connectivity index (χ2v) is 7.87. The molecule has 0 aromatic carbocycles. The quantitative estimate of drug-likeness (QED) is 0.591. The fourth-order valence-electron chi connectivity index (χ4n) is 3.83. The Kier molecular flexibility index (Phi) is 4.74. The molecule has 2 fully saturated rings. The van der Waals surface area contributed by atoms with Crippen LogP contribution in [0.15, 0.2) is 0 Å². The first-order valence-corrected chi connectivity index (χ1v) is 9.13. The van der Waals surface area contributed by atoms with Gasteiger partial charge in [0.15, 0.2) is 0 Å². The average molecular weight is 304 g/mol. The molecule has 5 nitrogen and oxygen atoms in total. The van der Waals surface area contributed by atoms with E-state index in [0.717, 1.165) is 25.5 Å². The normalized spacial score (nSPS) is 30.1. The summed E-state index contributed by atoms with van der Waals surface area (Å²) in [6.07, 6.45) is 8.65. The molecule has 1 spiro atoms. The number of carbonyl (C=O) groups is 1. The fraction of sp³-hybridized carbons (Fsp3) is 0.929. The Labute approximate surface area is 121 Å². The summed E-state index contributed by atoms with van der Waals surface area (Å²) in [4.78, 5) is 12.0. The van der Waals surface area contributed by atoms with E-state index in [2.05, 4.69) is 0 Å². The van der Waals surface area contributed by atoms with E-state index in [9.17, 15) is 13.2 Å². The summed E-state index contributed by atoms with van der Waals surface area (Å²) in [5.41, 5.74) is 0.189. The van der Waals surface area contributed by atoms with Gasteiger partial charge >= 0.3 is 5.97 Å². The van der Waals surface area contributed by atoms with E-state index in [4.69, 9.17) is 8.92 Å². The highest BCUT2D eigenvalue weighted by molar-refractivity contribution is 7.86. The van der Waals surface area contributed by atoms with Gasteiger partial charge in [0.05, 0.1) is 25.4 Å². The van der Waals surface area contributed by atoms with Crippen LogP contribution in [0.5, 0.6) is 0 Å². The van der Waals surface area contributed by atoms with Crippen LogP contribution < -0.4 is 0 Å². The number of hydrogen-bond donors (Lipinski definition) is 0. The van der Waals surface area contributed by atoms with Crippen molar-refractivity contribution in [1.29, 1.82) is 0 Å². The van der Waals surface area contributed by atoms with Crippen molar-refractivity contribution in [2.45, 2.75) is 57.5 Å². The lowest BCUT2D eigenvalue weighted by molar-refractivity contribution is -0.153. The van der Waals surface area contributed by atoms with Crippen LogP contribution >= 0.6 is 0 Å². The number of ether oxygens (including phenoxy) is 1. The predicted molar refractivity (Wildman–Crippen MR) is 74.6 cm³/mol. The van der Waals surface area contributed by atoms with Gasteiger partial charge in [-0.3, -0.25) is 8.98 Å². The van der Waals surface area contributed by atoms with Gasteiger partial charge in [-0.25, -0.2) is 0 Å². The van der Waals surface area contributed by atoms with Crippen LogP contribution in [0.2, 0.25) is 0 Å². The number of rotatable bonds is 3. The van der Waals surface area contributed by atoms with Crippen molar-refractivity contribution in [3.05, 3.63) is 0 Å². The molecular formula is C14H24O5S. The summed E-state index contributed by atoms with van der Waals surface area (Å²) >= 11 is 0. The van der Waals surface area contributed by atoms with E-state index in [0.29, 0.717) is 12.8 Å². The molecule has 0 radical (unpaired) electrons. The molecule has 0 N–H and O–H groups in total. The molecule has 0 bridgehead atoms. The zero-order valence-corrected chi connectivity index (χ0v) is 13.1. The van der Waals surface area contributed by atoms with Crippen molar-refractivity contribution in [2.24, 2.45) is 11.3 Å². The molecule has 0 aromatic heterocycles. The van der Waals surface area contributed by atoms with Gasteiger partial charge in [0, 0.05) is 0 Å². The molecule has 0 amide bonds. The maximum absolute atomic E-state index is 12.0. The zero-order valence-electron chi connectivity index (χ0n) is 12.3. The van der Waals surface area contributed by atoms with Gasteiger partial charge in [0.25, 0.3) is 10.1 Å². The molecule has 0 aromatic rings. The molecule has 2 aliphatic rings. The largest absolute Gasteiger partial charge is 0.469 e. The summed E-state index contributed by atoms with van der Waals surface area (Å²) < 4.78 is 32.7. The summed E-state index contributed by atoms with van der Waals surface area (Å²) in [6, 6.07) is 0. The van der Waals surface area contributed by atoms with Crippen LogP contribution in [0.3, 0.4) is 0 Å². The van der Waals surface area contributed by atoms with Crippen molar-refractivity contribution in [2.75, 3.05) is 13.4 Å². The molecule has 116 valence electrons. The number of esters is 1. The molecular weight excluding hydrogens is 280 g/mol. The monoisotopic (exact) mass is 304 g/mol. The highest BCUT2D eigenvalue weighted by atomic mass is 32.2. The minimum absolute atomic E-state index is 0.189. The minimum atomic E-state index is -3.55. The third-order valence-electron chi connectivity index (χ3n) is 4.78. The van der Waals surface area contributed by atoms with Gasteiger partial charge in [-0.1, -0.05) is 19.3 Å². The smallest absolute Gasteiger partial charge is 0.311 e. The number of hydrogen-bond acceptors (Lipinski definition) is 5. The lowest BCUT2D eigenvalue weighted by Gasteiger charge is -2.45. The Hall–Kier alpha value is -0.620. The van der Waals surface area contributed by atoms with E-state index in [-0.39, 0.29) is 11.4 Å². The maximum atomic E-state index is 12.0. The first-order valence-electron chi connectivity index (χ1n) is 7.31. The van der Waals surface area contributed by atoms with Crippen LogP contribution in [0, 0.1) is 11.3 Å². The number of carbonyl (C=O) groups excluding carboxylic acids is 1. The van der Waals surface area contributed by atoms with Crippen LogP contribution in [0.25, 0.3) is 0 Å². The summed E-state index contributed by atoms with van der Waals surface area (Å²) in [5.74, 6) is -0.801. The molecule has 0 heterocycles. The summed E-state index contributed by atoms with van der Waals surface area (Å²) in [5, 5.41) is 0. The van der Waals surface area contributed by atoms with Gasteiger partial charge in [0.1, 0.15) is 0 Å². The predicted octanol–water partition coefficient (Wildman–Crippen LogP) is 2.25.